The first-order valence-electron chi connectivity index (χ1n) is 4.38. The number of hydrogen-bond acceptors (Lipinski definition) is 3. The standard InChI is InChI=1S/C10H11NO3/c1-13-8-5-3-2-4-7(8)9-6-11-10(12)14-9/h2-5,9H,6H2,1H3,(H,11,12). The van der Waals surface area contributed by atoms with Crippen molar-refractivity contribution in [1.82, 2.24) is 5.32 Å². The van der Waals surface area contributed by atoms with Crippen LogP contribution in [0.2, 0.25) is 0 Å². The summed E-state index contributed by atoms with van der Waals surface area (Å²) in [7, 11) is 1.60. The number of amides is 1. The van der Waals surface area contributed by atoms with Crippen LogP contribution in [0, 0.1) is 0 Å². The van der Waals surface area contributed by atoms with Gasteiger partial charge in [0.1, 0.15) is 11.9 Å². The molecule has 1 N–H and O–H groups in total. The lowest BCUT2D eigenvalue weighted by Gasteiger charge is -2.11. The first-order chi connectivity index (χ1) is 6.81. The number of alkyl carbamates (subject to hydrolysis) is 1. The van der Waals surface area contributed by atoms with Crippen molar-refractivity contribution in [2.24, 2.45) is 0 Å². The van der Waals surface area contributed by atoms with Crippen LogP contribution < -0.4 is 10.1 Å². The zero-order valence-electron chi connectivity index (χ0n) is 7.82. The maximum Gasteiger partial charge on any atom is 0.407 e. The molecule has 1 aliphatic heterocycles. The normalized spacial score (nSPS) is 20.1. The van der Waals surface area contributed by atoms with Crippen LogP contribution in [0.5, 0.6) is 5.75 Å². The number of hydrogen-bond donors (Lipinski definition) is 1. The largest absolute Gasteiger partial charge is 0.496 e. The molecule has 4 nitrogen and oxygen atoms in total. The predicted octanol–water partition coefficient (Wildman–Crippen LogP) is 1.48. The molecule has 0 radical (unpaired) electrons. The molecule has 1 amide bonds. The van der Waals surface area contributed by atoms with E-state index in [0.717, 1.165) is 11.3 Å². The summed E-state index contributed by atoms with van der Waals surface area (Å²) in [4.78, 5) is 10.9. The maximum absolute atomic E-state index is 10.9. The van der Waals surface area contributed by atoms with E-state index in [1.807, 2.05) is 24.3 Å². The number of cyclic esters (lactones) is 1. The molecule has 74 valence electrons. The number of benzene rings is 1. The highest BCUT2D eigenvalue weighted by molar-refractivity contribution is 5.70. The summed E-state index contributed by atoms with van der Waals surface area (Å²) in [5.74, 6) is 0.744. The molecule has 0 bridgehead atoms. The molecule has 1 aliphatic rings. The van der Waals surface area contributed by atoms with Crippen molar-refractivity contribution in [2.45, 2.75) is 6.10 Å². The second kappa shape index (κ2) is 3.57. The molecule has 0 aliphatic carbocycles. The molecule has 1 unspecified atom stereocenters. The summed E-state index contributed by atoms with van der Waals surface area (Å²) in [6.45, 7) is 0.499. The van der Waals surface area contributed by atoms with Gasteiger partial charge in [0.15, 0.2) is 0 Å². The van der Waals surface area contributed by atoms with Gasteiger partial charge in [-0.25, -0.2) is 4.79 Å². The minimum atomic E-state index is -0.374. The molecule has 4 heteroatoms. The maximum atomic E-state index is 10.9. The Balaban J connectivity index is 2.27. The Morgan fingerprint density at radius 3 is 2.93 bits per heavy atom. The minimum absolute atomic E-state index is 0.237. The summed E-state index contributed by atoms with van der Waals surface area (Å²) in [5, 5.41) is 2.60. The van der Waals surface area contributed by atoms with Crippen molar-refractivity contribution < 1.29 is 14.3 Å². The molecular weight excluding hydrogens is 182 g/mol. The lowest BCUT2D eigenvalue weighted by Crippen LogP contribution is -2.12. The van der Waals surface area contributed by atoms with Crippen LogP contribution in [-0.2, 0) is 4.74 Å². The van der Waals surface area contributed by atoms with Gasteiger partial charge in [-0.15, -0.1) is 0 Å². The first-order valence-corrected chi connectivity index (χ1v) is 4.38. The van der Waals surface area contributed by atoms with Crippen LogP contribution in [0.4, 0.5) is 4.79 Å². The molecule has 14 heavy (non-hydrogen) atoms. The van der Waals surface area contributed by atoms with Gasteiger partial charge in [-0.2, -0.15) is 0 Å². The first kappa shape index (κ1) is 8.87. The Labute approximate surface area is 81.8 Å². The molecule has 1 atom stereocenters. The Bertz CT molecular complexity index is 351. The summed E-state index contributed by atoms with van der Waals surface area (Å²) >= 11 is 0. The van der Waals surface area contributed by atoms with Crippen LogP contribution in [0.3, 0.4) is 0 Å². The van der Waals surface area contributed by atoms with E-state index < -0.39 is 0 Å². The molecule has 1 saturated heterocycles. The monoisotopic (exact) mass is 193 g/mol. The highest BCUT2D eigenvalue weighted by Crippen LogP contribution is 2.28. The van der Waals surface area contributed by atoms with E-state index in [4.69, 9.17) is 9.47 Å². The average molecular weight is 193 g/mol. The van der Waals surface area contributed by atoms with Gasteiger partial charge in [0.25, 0.3) is 0 Å². The third-order valence-electron chi connectivity index (χ3n) is 2.17. The van der Waals surface area contributed by atoms with Gasteiger partial charge in [0.05, 0.1) is 13.7 Å². The predicted molar refractivity (Wildman–Crippen MR) is 50.2 cm³/mol. The van der Waals surface area contributed by atoms with Crippen molar-refractivity contribution >= 4 is 6.09 Å². The molecule has 1 aromatic rings. The number of carbonyl (C=O) groups is 1. The van der Waals surface area contributed by atoms with Crippen LogP contribution in [-0.4, -0.2) is 19.7 Å². The van der Waals surface area contributed by atoms with Crippen molar-refractivity contribution in [3.8, 4) is 5.75 Å². The summed E-state index contributed by atoms with van der Waals surface area (Å²) in [5.41, 5.74) is 0.897. The molecule has 0 saturated carbocycles. The highest BCUT2D eigenvalue weighted by Gasteiger charge is 2.26. The molecular formula is C10H11NO3. The van der Waals surface area contributed by atoms with Gasteiger partial charge in [-0.3, -0.25) is 0 Å². The molecule has 1 fully saturated rings. The van der Waals surface area contributed by atoms with Crippen molar-refractivity contribution in [3.63, 3.8) is 0 Å². The summed E-state index contributed by atoms with van der Waals surface area (Å²) in [6.07, 6.45) is -0.612. The summed E-state index contributed by atoms with van der Waals surface area (Å²) in [6, 6.07) is 7.52. The number of carbonyl (C=O) groups excluding carboxylic acids is 1. The number of ether oxygens (including phenoxy) is 2. The van der Waals surface area contributed by atoms with Gasteiger partial charge in [0, 0.05) is 5.56 Å². The van der Waals surface area contributed by atoms with E-state index in [0.29, 0.717) is 6.54 Å². The number of methoxy groups -OCH3 is 1. The zero-order valence-corrected chi connectivity index (χ0v) is 7.82. The average Bonchev–Trinajstić information content (AvgIpc) is 2.65. The van der Waals surface area contributed by atoms with Gasteiger partial charge >= 0.3 is 6.09 Å². The van der Waals surface area contributed by atoms with Crippen molar-refractivity contribution in [1.29, 1.82) is 0 Å². The van der Waals surface area contributed by atoms with Crippen LogP contribution in [0.1, 0.15) is 11.7 Å². The van der Waals surface area contributed by atoms with E-state index >= 15 is 0 Å². The fourth-order valence-electron chi connectivity index (χ4n) is 1.49. The molecule has 1 aromatic carbocycles. The molecule has 0 aromatic heterocycles. The Morgan fingerprint density at radius 2 is 2.29 bits per heavy atom. The third-order valence-corrected chi connectivity index (χ3v) is 2.17. The number of para-hydroxylation sites is 1. The lowest BCUT2D eigenvalue weighted by molar-refractivity contribution is 0.139. The van der Waals surface area contributed by atoms with Gasteiger partial charge in [-0.1, -0.05) is 18.2 Å². The molecule has 1 heterocycles. The van der Waals surface area contributed by atoms with Crippen molar-refractivity contribution in [2.75, 3.05) is 13.7 Å². The Hall–Kier alpha value is -1.71. The zero-order chi connectivity index (χ0) is 9.97. The number of rotatable bonds is 2. The topological polar surface area (TPSA) is 47.6 Å². The van der Waals surface area contributed by atoms with Crippen LogP contribution in [0.25, 0.3) is 0 Å². The van der Waals surface area contributed by atoms with Crippen LogP contribution in [0.15, 0.2) is 24.3 Å². The molecule has 2 rings (SSSR count). The van der Waals surface area contributed by atoms with Crippen molar-refractivity contribution in [3.05, 3.63) is 29.8 Å². The lowest BCUT2D eigenvalue weighted by atomic mass is 10.1. The summed E-state index contributed by atoms with van der Waals surface area (Å²) < 4.78 is 10.2. The third kappa shape index (κ3) is 1.51. The second-order valence-electron chi connectivity index (χ2n) is 3.02. The van der Waals surface area contributed by atoms with E-state index in [1.165, 1.54) is 0 Å². The van der Waals surface area contributed by atoms with Gasteiger partial charge in [0.2, 0.25) is 0 Å². The van der Waals surface area contributed by atoms with E-state index in [9.17, 15) is 4.79 Å². The van der Waals surface area contributed by atoms with E-state index in [1.54, 1.807) is 7.11 Å². The Kier molecular flexibility index (Phi) is 2.26. The second-order valence-corrected chi connectivity index (χ2v) is 3.02. The smallest absolute Gasteiger partial charge is 0.407 e. The van der Waals surface area contributed by atoms with Gasteiger partial charge in [-0.05, 0) is 6.07 Å². The van der Waals surface area contributed by atoms with E-state index in [2.05, 4.69) is 5.32 Å². The highest BCUT2D eigenvalue weighted by atomic mass is 16.6. The fourth-order valence-corrected chi connectivity index (χ4v) is 1.49. The molecule has 0 spiro atoms. The minimum Gasteiger partial charge on any atom is -0.496 e. The van der Waals surface area contributed by atoms with Gasteiger partial charge < -0.3 is 14.8 Å². The SMILES string of the molecule is COc1ccccc1C1CNC(=O)O1. The Morgan fingerprint density at radius 1 is 1.50 bits per heavy atom. The number of nitrogens with one attached hydrogen (secondary N) is 1. The fraction of sp³-hybridized carbons (Fsp3) is 0.300. The van der Waals surface area contributed by atoms with E-state index in [-0.39, 0.29) is 12.2 Å². The quantitative estimate of drug-likeness (QED) is 0.773. The van der Waals surface area contributed by atoms with Crippen LogP contribution >= 0.6 is 0 Å².